The number of nitrogens with zero attached hydrogens (tertiary/aromatic N) is 5. The van der Waals surface area contributed by atoms with Gasteiger partial charge in [-0.15, -0.1) is 0 Å². The molecule has 1 saturated heterocycles. The monoisotopic (exact) mass is 522 g/mol. The van der Waals surface area contributed by atoms with Crippen molar-refractivity contribution in [3.63, 3.8) is 0 Å². The standard InChI is InChI=1S/C28H32Cl2N6/c1-18(2)35-15-6-5-7-23(35)28(3,4)34-27-33-25(19-10-12-31-13-11-19)24(26-32-14-16-36(26)27)20-8-9-21(29)22(30)17-20/h8-14,16-18,23H,5-7,15H2,1-4H3,(H,33,34). The number of anilines is 1. The molecular weight excluding hydrogens is 491 g/mol. The Morgan fingerprint density at radius 1 is 1.00 bits per heavy atom. The summed E-state index contributed by atoms with van der Waals surface area (Å²) in [6.07, 6.45) is 11.0. The van der Waals surface area contributed by atoms with Crippen LogP contribution in [-0.4, -0.2) is 48.4 Å². The van der Waals surface area contributed by atoms with E-state index >= 15 is 0 Å². The molecule has 5 rings (SSSR count). The van der Waals surface area contributed by atoms with E-state index in [1.807, 2.05) is 47.1 Å². The summed E-state index contributed by atoms with van der Waals surface area (Å²) >= 11 is 12.7. The van der Waals surface area contributed by atoms with E-state index in [2.05, 4.69) is 42.9 Å². The van der Waals surface area contributed by atoms with Crippen LogP contribution in [0, 0.1) is 0 Å². The summed E-state index contributed by atoms with van der Waals surface area (Å²) in [5.41, 5.74) is 4.17. The van der Waals surface area contributed by atoms with Crippen molar-refractivity contribution in [2.45, 2.75) is 64.6 Å². The SMILES string of the molecule is CC(C)N1CCCCC1C(C)(C)Nc1nc(-c2ccncc2)c(-c2ccc(Cl)c(Cl)c2)c2nccn12. The van der Waals surface area contributed by atoms with Crippen LogP contribution >= 0.6 is 23.2 Å². The van der Waals surface area contributed by atoms with Gasteiger partial charge in [0.05, 0.1) is 26.8 Å². The third-order valence-electron chi connectivity index (χ3n) is 7.18. The number of rotatable bonds is 6. The molecule has 0 spiro atoms. The Hall–Kier alpha value is -2.67. The highest BCUT2D eigenvalue weighted by molar-refractivity contribution is 6.42. The molecule has 1 N–H and O–H groups in total. The lowest BCUT2D eigenvalue weighted by Crippen LogP contribution is -2.57. The fraction of sp³-hybridized carbons (Fsp3) is 0.393. The molecule has 0 amide bonds. The van der Waals surface area contributed by atoms with Crippen LogP contribution in [0.25, 0.3) is 28.0 Å². The summed E-state index contributed by atoms with van der Waals surface area (Å²) in [7, 11) is 0. The van der Waals surface area contributed by atoms with Gasteiger partial charge in [-0.25, -0.2) is 9.97 Å². The highest BCUT2D eigenvalue weighted by Gasteiger charge is 2.37. The van der Waals surface area contributed by atoms with Crippen molar-refractivity contribution < 1.29 is 0 Å². The van der Waals surface area contributed by atoms with Crippen LogP contribution in [0.15, 0.2) is 55.1 Å². The normalized spacial score (nSPS) is 17.1. The van der Waals surface area contributed by atoms with Crippen molar-refractivity contribution in [2.75, 3.05) is 11.9 Å². The first-order chi connectivity index (χ1) is 17.3. The lowest BCUT2D eigenvalue weighted by Gasteiger charge is -2.47. The number of imidazole rings is 1. The number of hydrogen-bond donors (Lipinski definition) is 1. The second kappa shape index (κ2) is 10.0. The third kappa shape index (κ3) is 4.70. The molecule has 0 bridgehead atoms. The Morgan fingerprint density at radius 2 is 1.78 bits per heavy atom. The minimum Gasteiger partial charge on any atom is -0.349 e. The molecule has 1 aliphatic rings. The molecule has 3 aromatic heterocycles. The zero-order chi connectivity index (χ0) is 25.4. The Morgan fingerprint density at radius 3 is 2.50 bits per heavy atom. The first-order valence-corrected chi connectivity index (χ1v) is 13.3. The zero-order valence-corrected chi connectivity index (χ0v) is 22.7. The fourth-order valence-corrected chi connectivity index (χ4v) is 5.72. The number of fused-ring (bicyclic) bond motifs is 1. The maximum absolute atomic E-state index is 6.42. The van der Waals surface area contributed by atoms with Crippen LogP contribution in [0.5, 0.6) is 0 Å². The fourth-order valence-electron chi connectivity index (χ4n) is 5.42. The van der Waals surface area contributed by atoms with Crippen molar-refractivity contribution in [1.29, 1.82) is 0 Å². The van der Waals surface area contributed by atoms with E-state index < -0.39 is 0 Å². The van der Waals surface area contributed by atoms with Gasteiger partial charge in [0.1, 0.15) is 5.65 Å². The lowest BCUT2D eigenvalue weighted by atomic mass is 9.85. The Bertz CT molecular complexity index is 1370. The van der Waals surface area contributed by atoms with Gasteiger partial charge < -0.3 is 5.32 Å². The smallest absolute Gasteiger partial charge is 0.209 e. The molecule has 0 radical (unpaired) electrons. The number of aromatic nitrogens is 4. The van der Waals surface area contributed by atoms with Gasteiger partial charge >= 0.3 is 0 Å². The minimum atomic E-state index is -0.213. The second-order valence-electron chi connectivity index (χ2n) is 10.3. The van der Waals surface area contributed by atoms with Crippen molar-refractivity contribution in [1.82, 2.24) is 24.3 Å². The molecule has 6 nitrogen and oxygen atoms in total. The van der Waals surface area contributed by atoms with Gasteiger partial charge in [0.25, 0.3) is 0 Å². The first kappa shape index (κ1) is 25.0. The van der Waals surface area contributed by atoms with E-state index in [4.69, 9.17) is 33.2 Å². The molecule has 1 atom stereocenters. The van der Waals surface area contributed by atoms with E-state index in [-0.39, 0.29) is 5.54 Å². The van der Waals surface area contributed by atoms with Crippen molar-refractivity contribution in [2.24, 2.45) is 0 Å². The maximum Gasteiger partial charge on any atom is 0.209 e. The number of nitrogens with one attached hydrogen (secondary N) is 1. The Kier molecular flexibility index (Phi) is 6.95. The van der Waals surface area contributed by atoms with Crippen molar-refractivity contribution >= 4 is 34.8 Å². The van der Waals surface area contributed by atoms with E-state index in [0.717, 1.165) is 46.9 Å². The quantitative estimate of drug-likeness (QED) is 0.289. The number of benzene rings is 1. The molecule has 188 valence electrons. The predicted octanol–water partition coefficient (Wildman–Crippen LogP) is 7.22. The summed E-state index contributed by atoms with van der Waals surface area (Å²) in [6.45, 7) is 10.3. The van der Waals surface area contributed by atoms with Crippen LogP contribution < -0.4 is 5.32 Å². The zero-order valence-electron chi connectivity index (χ0n) is 21.2. The predicted molar refractivity (Wildman–Crippen MR) is 149 cm³/mol. The minimum absolute atomic E-state index is 0.213. The van der Waals surface area contributed by atoms with Crippen LogP contribution in [0.4, 0.5) is 5.95 Å². The van der Waals surface area contributed by atoms with Gasteiger partial charge in [-0.3, -0.25) is 14.3 Å². The number of halogens is 2. The maximum atomic E-state index is 6.42. The van der Waals surface area contributed by atoms with Gasteiger partial charge in [0, 0.05) is 42.4 Å². The van der Waals surface area contributed by atoms with Crippen molar-refractivity contribution in [3.8, 4) is 22.4 Å². The molecule has 0 aliphatic carbocycles. The molecule has 36 heavy (non-hydrogen) atoms. The molecule has 4 heterocycles. The molecule has 1 unspecified atom stereocenters. The molecule has 1 aromatic carbocycles. The van der Waals surface area contributed by atoms with Gasteiger partial charge in [0.2, 0.25) is 5.95 Å². The average molecular weight is 524 g/mol. The molecular formula is C28H32Cl2N6. The molecule has 1 aliphatic heterocycles. The van der Waals surface area contributed by atoms with Gasteiger partial charge in [-0.1, -0.05) is 35.7 Å². The van der Waals surface area contributed by atoms with E-state index in [9.17, 15) is 0 Å². The molecule has 4 aromatic rings. The largest absolute Gasteiger partial charge is 0.349 e. The Labute approximate surface area is 222 Å². The number of hydrogen-bond acceptors (Lipinski definition) is 5. The van der Waals surface area contributed by atoms with E-state index in [1.54, 1.807) is 12.4 Å². The van der Waals surface area contributed by atoms with Crippen molar-refractivity contribution in [3.05, 3.63) is 65.2 Å². The number of likely N-dealkylation sites (tertiary alicyclic amines) is 1. The van der Waals surface area contributed by atoms with E-state index in [1.165, 1.54) is 12.8 Å². The second-order valence-corrected chi connectivity index (χ2v) is 11.1. The average Bonchev–Trinajstić information content (AvgIpc) is 3.36. The van der Waals surface area contributed by atoms with Gasteiger partial charge in [0.15, 0.2) is 0 Å². The molecule has 1 fully saturated rings. The lowest BCUT2D eigenvalue weighted by molar-refractivity contribution is 0.0740. The van der Waals surface area contributed by atoms with Crippen LogP contribution in [-0.2, 0) is 0 Å². The van der Waals surface area contributed by atoms with Gasteiger partial charge in [-0.2, -0.15) is 0 Å². The summed E-state index contributed by atoms with van der Waals surface area (Å²) < 4.78 is 2.03. The highest BCUT2D eigenvalue weighted by Crippen LogP contribution is 2.38. The van der Waals surface area contributed by atoms with Crippen LogP contribution in [0.1, 0.15) is 47.0 Å². The Balaban J connectivity index is 1.67. The van der Waals surface area contributed by atoms with E-state index in [0.29, 0.717) is 22.1 Å². The van der Waals surface area contributed by atoms with Crippen LogP contribution in [0.3, 0.4) is 0 Å². The number of pyridine rings is 1. The summed E-state index contributed by atoms with van der Waals surface area (Å²) in [6, 6.07) is 10.5. The van der Waals surface area contributed by atoms with Gasteiger partial charge in [-0.05, 0) is 76.9 Å². The summed E-state index contributed by atoms with van der Waals surface area (Å²) in [4.78, 5) is 16.8. The summed E-state index contributed by atoms with van der Waals surface area (Å²) in [5.74, 6) is 0.761. The topological polar surface area (TPSA) is 58.3 Å². The third-order valence-corrected chi connectivity index (χ3v) is 7.92. The summed E-state index contributed by atoms with van der Waals surface area (Å²) in [5, 5.41) is 4.83. The van der Waals surface area contributed by atoms with Crippen LogP contribution in [0.2, 0.25) is 10.0 Å². The molecule has 8 heteroatoms. The number of piperidine rings is 1. The molecule has 0 saturated carbocycles. The highest BCUT2D eigenvalue weighted by atomic mass is 35.5. The first-order valence-electron chi connectivity index (χ1n) is 12.5.